The fourth-order valence-electron chi connectivity index (χ4n) is 1.93. The van der Waals surface area contributed by atoms with Gasteiger partial charge in [0.25, 0.3) is 5.69 Å². The van der Waals surface area contributed by atoms with E-state index in [1.165, 1.54) is 12.1 Å². The first-order valence-corrected chi connectivity index (χ1v) is 6.67. The lowest BCUT2D eigenvalue weighted by Gasteiger charge is -2.25. The first-order chi connectivity index (χ1) is 9.47. The van der Waals surface area contributed by atoms with E-state index >= 15 is 0 Å². The molecule has 0 heterocycles. The number of nitrogens with zero attached hydrogens (tertiary/aromatic N) is 2. The number of nitro groups is 1. The number of hydrogen-bond acceptors (Lipinski definition) is 4. The maximum absolute atomic E-state index is 12.0. The number of carbonyl (C=O) groups excluding carboxylic acids is 1. The minimum atomic E-state index is -0.431. The minimum Gasteiger partial charge on any atom is -0.339 e. The second-order valence-corrected chi connectivity index (χ2v) is 4.78. The molecule has 1 unspecified atom stereocenters. The van der Waals surface area contributed by atoms with E-state index in [9.17, 15) is 14.9 Å². The van der Waals surface area contributed by atoms with Crippen molar-refractivity contribution in [3.63, 3.8) is 0 Å². The summed E-state index contributed by atoms with van der Waals surface area (Å²) in [6.07, 6.45) is 2.04. The molecule has 2 N–H and O–H groups in total. The van der Waals surface area contributed by atoms with Gasteiger partial charge in [-0.1, -0.05) is 12.1 Å². The van der Waals surface area contributed by atoms with Gasteiger partial charge in [-0.25, -0.2) is 0 Å². The van der Waals surface area contributed by atoms with Crippen molar-refractivity contribution in [2.75, 3.05) is 13.6 Å². The van der Waals surface area contributed by atoms with E-state index in [1.54, 1.807) is 24.1 Å². The number of benzene rings is 1. The number of unbranched alkanes of at least 4 members (excludes halogenated alkanes) is 1. The molecule has 20 heavy (non-hydrogen) atoms. The highest BCUT2D eigenvalue weighted by atomic mass is 16.6. The highest BCUT2D eigenvalue weighted by Crippen LogP contribution is 2.23. The highest BCUT2D eigenvalue weighted by molar-refractivity contribution is 5.76. The maximum Gasteiger partial charge on any atom is 0.269 e. The first-order valence-electron chi connectivity index (χ1n) is 6.67. The molecule has 0 radical (unpaired) electrons. The molecule has 1 atom stereocenters. The zero-order valence-corrected chi connectivity index (χ0v) is 11.9. The van der Waals surface area contributed by atoms with Crippen LogP contribution in [0.5, 0.6) is 0 Å². The maximum atomic E-state index is 12.0. The Labute approximate surface area is 118 Å². The van der Waals surface area contributed by atoms with Crippen molar-refractivity contribution < 1.29 is 9.72 Å². The summed E-state index contributed by atoms with van der Waals surface area (Å²) in [4.78, 5) is 24.0. The standard InChI is InChI=1S/C14H21N3O3/c1-11(16(2)14(18)8-3-4-9-15)12-6-5-7-13(10-12)17(19)20/h5-7,10-11H,3-4,8-9,15H2,1-2H3. The Balaban J connectivity index is 2.73. The van der Waals surface area contributed by atoms with Crippen LogP contribution in [0.4, 0.5) is 5.69 Å². The van der Waals surface area contributed by atoms with Gasteiger partial charge in [0.2, 0.25) is 5.91 Å². The molecule has 0 aliphatic carbocycles. The van der Waals surface area contributed by atoms with Gasteiger partial charge in [0.05, 0.1) is 11.0 Å². The molecule has 0 saturated carbocycles. The molecule has 1 aromatic carbocycles. The van der Waals surface area contributed by atoms with Crippen LogP contribution < -0.4 is 5.73 Å². The fourth-order valence-corrected chi connectivity index (χ4v) is 1.93. The second-order valence-electron chi connectivity index (χ2n) is 4.78. The van der Waals surface area contributed by atoms with Crippen LogP contribution in [0.2, 0.25) is 0 Å². The Morgan fingerprint density at radius 1 is 1.45 bits per heavy atom. The van der Waals surface area contributed by atoms with Crippen molar-refractivity contribution in [3.05, 3.63) is 39.9 Å². The van der Waals surface area contributed by atoms with E-state index in [2.05, 4.69) is 0 Å². The Morgan fingerprint density at radius 2 is 2.15 bits per heavy atom. The Morgan fingerprint density at radius 3 is 2.75 bits per heavy atom. The summed E-state index contributed by atoms with van der Waals surface area (Å²) in [5.41, 5.74) is 6.20. The zero-order chi connectivity index (χ0) is 15.1. The smallest absolute Gasteiger partial charge is 0.269 e. The number of rotatable bonds is 7. The third kappa shape index (κ3) is 4.31. The van der Waals surface area contributed by atoms with Crippen LogP contribution >= 0.6 is 0 Å². The summed E-state index contributed by atoms with van der Waals surface area (Å²) in [6.45, 7) is 2.44. The lowest BCUT2D eigenvalue weighted by atomic mass is 10.1. The summed E-state index contributed by atoms with van der Waals surface area (Å²) in [5, 5.41) is 10.8. The third-order valence-corrected chi connectivity index (χ3v) is 3.38. The molecular weight excluding hydrogens is 258 g/mol. The normalized spacial score (nSPS) is 11.9. The average Bonchev–Trinajstić information content (AvgIpc) is 2.45. The summed E-state index contributed by atoms with van der Waals surface area (Å²) in [5.74, 6) is 0.0254. The van der Waals surface area contributed by atoms with Crippen LogP contribution in [-0.4, -0.2) is 29.3 Å². The Kier molecular flexibility index (Phi) is 6.11. The fraction of sp³-hybridized carbons (Fsp3) is 0.500. The van der Waals surface area contributed by atoms with Crippen LogP contribution in [-0.2, 0) is 4.79 Å². The van der Waals surface area contributed by atoms with Crippen LogP contribution in [0, 0.1) is 10.1 Å². The van der Waals surface area contributed by atoms with Crippen molar-refractivity contribution in [1.82, 2.24) is 4.90 Å². The van der Waals surface area contributed by atoms with Gasteiger partial charge in [-0.3, -0.25) is 14.9 Å². The summed E-state index contributed by atoms with van der Waals surface area (Å²) >= 11 is 0. The lowest BCUT2D eigenvalue weighted by molar-refractivity contribution is -0.384. The minimum absolute atomic E-state index is 0.0254. The molecule has 0 bridgehead atoms. The third-order valence-electron chi connectivity index (χ3n) is 3.38. The molecule has 0 saturated heterocycles. The average molecular weight is 279 g/mol. The van der Waals surface area contributed by atoms with Crippen molar-refractivity contribution in [2.24, 2.45) is 5.73 Å². The molecular formula is C14H21N3O3. The molecule has 0 fully saturated rings. The molecule has 1 amide bonds. The number of amides is 1. The lowest BCUT2D eigenvalue weighted by Crippen LogP contribution is -2.29. The molecule has 0 aromatic heterocycles. The van der Waals surface area contributed by atoms with Gasteiger partial charge < -0.3 is 10.6 Å². The zero-order valence-electron chi connectivity index (χ0n) is 11.9. The Bertz CT molecular complexity index is 476. The van der Waals surface area contributed by atoms with E-state index < -0.39 is 4.92 Å². The van der Waals surface area contributed by atoms with E-state index in [-0.39, 0.29) is 17.6 Å². The number of hydrogen-bond donors (Lipinski definition) is 1. The van der Waals surface area contributed by atoms with E-state index in [4.69, 9.17) is 5.73 Å². The van der Waals surface area contributed by atoms with Crippen molar-refractivity contribution in [2.45, 2.75) is 32.2 Å². The summed E-state index contributed by atoms with van der Waals surface area (Å²) in [7, 11) is 1.72. The topological polar surface area (TPSA) is 89.5 Å². The van der Waals surface area contributed by atoms with Crippen molar-refractivity contribution in [3.8, 4) is 0 Å². The molecule has 1 rings (SSSR count). The number of nitrogens with two attached hydrogens (primary N) is 1. The molecule has 0 aliphatic heterocycles. The molecule has 110 valence electrons. The monoisotopic (exact) mass is 279 g/mol. The Hall–Kier alpha value is -1.95. The number of nitro benzene ring substituents is 1. The van der Waals surface area contributed by atoms with E-state index in [0.29, 0.717) is 13.0 Å². The molecule has 6 heteroatoms. The highest BCUT2D eigenvalue weighted by Gasteiger charge is 2.18. The van der Waals surface area contributed by atoms with Gasteiger partial charge in [-0.2, -0.15) is 0 Å². The SMILES string of the molecule is CC(c1cccc([N+](=O)[O-])c1)N(C)C(=O)CCCCN. The van der Waals surface area contributed by atoms with Gasteiger partial charge in [-0.05, 0) is 31.9 Å². The number of non-ortho nitro benzene ring substituents is 1. The molecule has 0 aliphatic rings. The predicted octanol–water partition coefficient (Wildman–Crippen LogP) is 2.24. The van der Waals surface area contributed by atoms with Crippen molar-refractivity contribution >= 4 is 11.6 Å². The molecule has 0 spiro atoms. The van der Waals surface area contributed by atoms with Crippen molar-refractivity contribution in [1.29, 1.82) is 0 Å². The van der Waals surface area contributed by atoms with Crippen LogP contribution in [0.25, 0.3) is 0 Å². The molecule has 6 nitrogen and oxygen atoms in total. The predicted molar refractivity (Wildman–Crippen MR) is 77.2 cm³/mol. The van der Waals surface area contributed by atoms with E-state index in [0.717, 1.165) is 18.4 Å². The quantitative estimate of drug-likeness (QED) is 0.471. The van der Waals surface area contributed by atoms with Crippen LogP contribution in [0.15, 0.2) is 24.3 Å². The second kappa shape index (κ2) is 7.59. The summed E-state index contributed by atoms with van der Waals surface area (Å²) < 4.78 is 0. The summed E-state index contributed by atoms with van der Waals surface area (Å²) in [6, 6.07) is 6.19. The first kappa shape index (κ1) is 16.1. The van der Waals surface area contributed by atoms with Crippen LogP contribution in [0.3, 0.4) is 0 Å². The van der Waals surface area contributed by atoms with E-state index in [1.807, 2.05) is 6.92 Å². The van der Waals surface area contributed by atoms with Gasteiger partial charge in [0.15, 0.2) is 0 Å². The van der Waals surface area contributed by atoms with Gasteiger partial charge >= 0.3 is 0 Å². The van der Waals surface area contributed by atoms with Crippen LogP contribution in [0.1, 0.15) is 37.8 Å². The largest absolute Gasteiger partial charge is 0.339 e. The van der Waals surface area contributed by atoms with Gasteiger partial charge in [0.1, 0.15) is 0 Å². The number of carbonyl (C=O) groups is 1. The van der Waals surface area contributed by atoms with Gasteiger partial charge in [-0.15, -0.1) is 0 Å². The van der Waals surface area contributed by atoms with Gasteiger partial charge in [0, 0.05) is 25.6 Å². The molecule has 1 aromatic rings.